The lowest BCUT2D eigenvalue weighted by Crippen LogP contribution is -2.46. The van der Waals surface area contributed by atoms with Gasteiger partial charge in [-0.25, -0.2) is 9.59 Å². The van der Waals surface area contributed by atoms with Gasteiger partial charge in [0.05, 0.1) is 0 Å². The molecule has 0 bridgehead atoms. The fourth-order valence-electron chi connectivity index (χ4n) is 0.941. The van der Waals surface area contributed by atoms with Gasteiger partial charge < -0.3 is 15.7 Å². The molecule has 0 aliphatic heterocycles. The number of carbonyl (C=O) groups is 2. The number of amides is 2. The number of urea groups is 1. The van der Waals surface area contributed by atoms with Crippen molar-refractivity contribution in [2.24, 2.45) is 0 Å². The molecule has 0 aromatic carbocycles. The van der Waals surface area contributed by atoms with Crippen LogP contribution >= 0.6 is 11.8 Å². The quantitative estimate of drug-likeness (QED) is 0.611. The van der Waals surface area contributed by atoms with Gasteiger partial charge >= 0.3 is 12.0 Å². The summed E-state index contributed by atoms with van der Waals surface area (Å²) in [4.78, 5) is 22.0. The largest absolute Gasteiger partial charge is 0.480 e. The average Bonchev–Trinajstić information content (AvgIpc) is 2.20. The molecule has 88 valence electrons. The van der Waals surface area contributed by atoms with Gasteiger partial charge in [-0.3, -0.25) is 0 Å². The lowest BCUT2D eigenvalue weighted by molar-refractivity contribution is -0.139. The molecule has 0 fully saturated rings. The second kappa shape index (κ2) is 8.40. The van der Waals surface area contributed by atoms with Crippen molar-refractivity contribution < 1.29 is 14.7 Å². The van der Waals surface area contributed by atoms with E-state index in [1.165, 1.54) is 0 Å². The summed E-state index contributed by atoms with van der Waals surface area (Å²) in [7, 11) is 0. The van der Waals surface area contributed by atoms with Crippen LogP contribution < -0.4 is 10.6 Å². The van der Waals surface area contributed by atoms with E-state index in [-0.39, 0.29) is 0 Å². The van der Waals surface area contributed by atoms with Crippen LogP contribution in [-0.2, 0) is 4.79 Å². The minimum absolute atomic E-state index is 0.412. The highest BCUT2D eigenvalue weighted by Gasteiger charge is 2.18. The Kier molecular flexibility index (Phi) is 7.89. The topological polar surface area (TPSA) is 78.4 Å². The predicted octanol–water partition coefficient (Wildman–Crippen LogP) is 0.902. The summed E-state index contributed by atoms with van der Waals surface area (Å²) < 4.78 is 0. The number of hydrogen-bond acceptors (Lipinski definition) is 3. The van der Waals surface area contributed by atoms with Crippen LogP contribution in [0.5, 0.6) is 0 Å². The Bertz CT molecular complexity index is 212. The van der Waals surface area contributed by atoms with Crippen LogP contribution in [0, 0.1) is 0 Å². The van der Waals surface area contributed by atoms with E-state index >= 15 is 0 Å². The molecule has 0 aromatic heterocycles. The summed E-state index contributed by atoms with van der Waals surface area (Å²) in [5.74, 6) is -0.277. The van der Waals surface area contributed by atoms with E-state index in [2.05, 4.69) is 10.6 Å². The van der Waals surface area contributed by atoms with Crippen LogP contribution in [-0.4, -0.2) is 41.7 Å². The van der Waals surface area contributed by atoms with E-state index in [1.54, 1.807) is 11.8 Å². The number of carboxylic acid groups (broad SMARTS) is 1. The van der Waals surface area contributed by atoms with E-state index < -0.39 is 18.0 Å². The van der Waals surface area contributed by atoms with Crippen LogP contribution in [0.25, 0.3) is 0 Å². The Balaban J connectivity index is 3.93. The monoisotopic (exact) mass is 234 g/mol. The molecule has 0 unspecified atom stereocenters. The maximum absolute atomic E-state index is 11.2. The SMILES string of the molecule is CCCNC(=O)N[C@@H](CCSC)C(=O)O. The molecule has 5 nitrogen and oxygen atoms in total. The zero-order valence-electron chi connectivity index (χ0n) is 9.08. The van der Waals surface area contributed by atoms with Crippen molar-refractivity contribution in [2.75, 3.05) is 18.6 Å². The van der Waals surface area contributed by atoms with Gasteiger partial charge in [-0.1, -0.05) is 6.92 Å². The summed E-state index contributed by atoms with van der Waals surface area (Å²) in [5, 5.41) is 13.8. The summed E-state index contributed by atoms with van der Waals surface area (Å²) in [6.07, 6.45) is 3.17. The first-order valence-electron chi connectivity index (χ1n) is 4.88. The highest BCUT2D eigenvalue weighted by molar-refractivity contribution is 7.98. The molecule has 2 amide bonds. The molecule has 0 aliphatic rings. The molecule has 6 heteroatoms. The highest BCUT2D eigenvalue weighted by atomic mass is 32.2. The third-order valence-corrected chi connectivity index (χ3v) is 2.39. The summed E-state index contributed by atoms with van der Waals surface area (Å²) in [6.45, 7) is 2.49. The van der Waals surface area contributed by atoms with Gasteiger partial charge in [-0.2, -0.15) is 11.8 Å². The second-order valence-corrected chi connectivity index (χ2v) is 4.06. The lowest BCUT2D eigenvalue weighted by Gasteiger charge is -2.14. The van der Waals surface area contributed by atoms with Crippen molar-refractivity contribution in [1.82, 2.24) is 10.6 Å². The molecular formula is C9H18N2O3S. The molecule has 1 atom stereocenters. The molecule has 0 saturated heterocycles. The van der Waals surface area contributed by atoms with Crippen LogP contribution in [0.4, 0.5) is 4.79 Å². The lowest BCUT2D eigenvalue weighted by atomic mass is 10.2. The van der Waals surface area contributed by atoms with Crippen LogP contribution in [0.15, 0.2) is 0 Å². The Labute approximate surface area is 94.0 Å². The molecule has 3 N–H and O–H groups in total. The molecule has 0 saturated carbocycles. The molecule has 0 aromatic rings. The van der Waals surface area contributed by atoms with Crippen LogP contribution in [0.3, 0.4) is 0 Å². The van der Waals surface area contributed by atoms with E-state index in [4.69, 9.17) is 5.11 Å². The van der Waals surface area contributed by atoms with Gasteiger partial charge in [0.2, 0.25) is 0 Å². The minimum Gasteiger partial charge on any atom is -0.480 e. The van der Waals surface area contributed by atoms with Crippen LogP contribution in [0.1, 0.15) is 19.8 Å². The maximum Gasteiger partial charge on any atom is 0.326 e. The van der Waals surface area contributed by atoms with Gasteiger partial charge in [0, 0.05) is 6.54 Å². The molecule has 0 radical (unpaired) electrons. The molecule has 0 heterocycles. The normalized spacial score (nSPS) is 11.9. The third kappa shape index (κ3) is 7.07. The smallest absolute Gasteiger partial charge is 0.326 e. The average molecular weight is 234 g/mol. The van der Waals surface area contributed by atoms with Crippen molar-refractivity contribution in [3.8, 4) is 0 Å². The fourth-order valence-corrected chi connectivity index (χ4v) is 1.41. The molecule has 15 heavy (non-hydrogen) atoms. The summed E-state index contributed by atoms with van der Waals surface area (Å²) in [5.41, 5.74) is 0. The van der Waals surface area contributed by atoms with Crippen molar-refractivity contribution in [1.29, 1.82) is 0 Å². The van der Waals surface area contributed by atoms with Crippen molar-refractivity contribution in [3.05, 3.63) is 0 Å². The van der Waals surface area contributed by atoms with E-state index in [0.717, 1.165) is 6.42 Å². The number of carbonyl (C=O) groups excluding carboxylic acids is 1. The molecule has 0 rings (SSSR count). The number of thioether (sulfide) groups is 1. The maximum atomic E-state index is 11.2. The first-order chi connectivity index (χ1) is 7.11. The van der Waals surface area contributed by atoms with Gasteiger partial charge in [0.1, 0.15) is 6.04 Å². The molecular weight excluding hydrogens is 216 g/mol. The zero-order valence-corrected chi connectivity index (χ0v) is 9.89. The first kappa shape index (κ1) is 14.1. The Morgan fingerprint density at radius 1 is 1.47 bits per heavy atom. The first-order valence-corrected chi connectivity index (χ1v) is 6.27. The third-order valence-electron chi connectivity index (χ3n) is 1.75. The fraction of sp³-hybridized carbons (Fsp3) is 0.778. The minimum atomic E-state index is -0.990. The summed E-state index contributed by atoms with van der Waals surface area (Å²) in [6, 6.07) is -1.21. The van der Waals surface area contributed by atoms with Gasteiger partial charge in [0.15, 0.2) is 0 Å². The Morgan fingerprint density at radius 3 is 2.60 bits per heavy atom. The highest BCUT2D eigenvalue weighted by Crippen LogP contribution is 2.00. The number of carboxylic acids is 1. The second-order valence-electron chi connectivity index (χ2n) is 3.07. The Hall–Kier alpha value is -0.910. The van der Waals surface area contributed by atoms with Gasteiger partial charge in [-0.15, -0.1) is 0 Å². The van der Waals surface area contributed by atoms with Crippen molar-refractivity contribution in [2.45, 2.75) is 25.8 Å². The Morgan fingerprint density at radius 2 is 2.13 bits per heavy atom. The van der Waals surface area contributed by atoms with E-state index in [9.17, 15) is 9.59 Å². The number of hydrogen-bond donors (Lipinski definition) is 3. The summed E-state index contributed by atoms with van der Waals surface area (Å²) >= 11 is 1.56. The molecule has 0 aliphatic carbocycles. The van der Waals surface area contributed by atoms with Gasteiger partial charge in [0.25, 0.3) is 0 Å². The number of aliphatic carboxylic acids is 1. The standard InChI is InChI=1S/C9H18N2O3S/c1-3-5-10-9(14)11-7(8(12)13)4-6-15-2/h7H,3-6H2,1-2H3,(H,12,13)(H2,10,11,14)/t7-/m0/s1. The van der Waals surface area contributed by atoms with E-state index in [0.29, 0.717) is 18.7 Å². The van der Waals surface area contributed by atoms with Crippen molar-refractivity contribution in [3.63, 3.8) is 0 Å². The molecule has 0 spiro atoms. The van der Waals surface area contributed by atoms with Crippen LogP contribution in [0.2, 0.25) is 0 Å². The van der Waals surface area contributed by atoms with E-state index in [1.807, 2.05) is 13.2 Å². The van der Waals surface area contributed by atoms with Gasteiger partial charge in [-0.05, 0) is 24.9 Å². The predicted molar refractivity (Wildman–Crippen MR) is 61.2 cm³/mol. The number of nitrogens with one attached hydrogen (secondary N) is 2. The number of rotatable bonds is 7. The zero-order chi connectivity index (χ0) is 11.7. The van der Waals surface area contributed by atoms with Crippen molar-refractivity contribution >= 4 is 23.8 Å².